The van der Waals surface area contributed by atoms with Crippen LogP contribution in [0, 0.1) is 5.92 Å². The second kappa shape index (κ2) is 6.73. The summed E-state index contributed by atoms with van der Waals surface area (Å²) in [5.41, 5.74) is 4.49. The molecule has 20 heavy (non-hydrogen) atoms. The Hall–Kier alpha value is -0.860. The molecule has 0 radical (unpaired) electrons. The maximum atomic E-state index is 3.78. The zero-order valence-electron chi connectivity index (χ0n) is 12.8. The third-order valence-electron chi connectivity index (χ3n) is 5.01. The van der Waals surface area contributed by atoms with Crippen LogP contribution in [0.3, 0.4) is 0 Å². The first-order chi connectivity index (χ1) is 9.81. The van der Waals surface area contributed by atoms with Gasteiger partial charge in [0.25, 0.3) is 0 Å². The maximum absolute atomic E-state index is 3.78. The molecule has 2 unspecified atom stereocenters. The van der Waals surface area contributed by atoms with Crippen LogP contribution in [0.25, 0.3) is 0 Å². The van der Waals surface area contributed by atoms with E-state index in [1.165, 1.54) is 55.2 Å². The summed E-state index contributed by atoms with van der Waals surface area (Å²) in [5.74, 6) is 0.927. The second-order valence-corrected chi connectivity index (χ2v) is 6.72. The number of hydrogen-bond donors (Lipinski definition) is 2. The number of hydrogen-bond acceptors (Lipinski definition) is 2. The predicted octanol–water partition coefficient (Wildman–Crippen LogP) is 3.39. The molecule has 1 aromatic carbocycles. The smallest absolute Gasteiger partial charge is 0.0208 e. The van der Waals surface area contributed by atoms with Gasteiger partial charge >= 0.3 is 0 Å². The molecule has 3 rings (SSSR count). The minimum atomic E-state index is 0.731. The first kappa shape index (κ1) is 14.1. The molecule has 110 valence electrons. The Morgan fingerprint density at radius 3 is 3.05 bits per heavy atom. The minimum Gasteiger partial charge on any atom is -0.312 e. The van der Waals surface area contributed by atoms with Crippen LogP contribution >= 0.6 is 0 Å². The van der Waals surface area contributed by atoms with Gasteiger partial charge in [-0.15, -0.1) is 0 Å². The average Bonchev–Trinajstić information content (AvgIpc) is 2.69. The molecule has 2 N–H and O–H groups in total. The van der Waals surface area contributed by atoms with E-state index in [1.54, 1.807) is 0 Å². The van der Waals surface area contributed by atoms with E-state index in [9.17, 15) is 0 Å². The monoisotopic (exact) mass is 272 g/mol. The van der Waals surface area contributed by atoms with Gasteiger partial charge in [0.05, 0.1) is 0 Å². The van der Waals surface area contributed by atoms with Crippen molar-refractivity contribution in [2.45, 2.75) is 64.6 Å². The molecule has 1 aliphatic heterocycles. The maximum Gasteiger partial charge on any atom is 0.0208 e. The Morgan fingerprint density at radius 1 is 1.15 bits per heavy atom. The largest absolute Gasteiger partial charge is 0.312 e. The van der Waals surface area contributed by atoms with Gasteiger partial charge in [0.15, 0.2) is 0 Å². The van der Waals surface area contributed by atoms with Gasteiger partial charge in [0, 0.05) is 19.1 Å². The molecule has 1 saturated carbocycles. The highest BCUT2D eigenvalue weighted by atomic mass is 14.9. The molecule has 0 bridgehead atoms. The molecule has 2 aliphatic rings. The highest BCUT2D eigenvalue weighted by Crippen LogP contribution is 2.23. The molecular formula is C18H28N2. The lowest BCUT2D eigenvalue weighted by molar-refractivity contribution is 0.447. The lowest BCUT2D eigenvalue weighted by Gasteiger charge is -2.20. The van der Waals surface area contributed by atoms with Gasteiger partial charge in [0.2, 0.25) is 0 Å². The molecule has 2 nitrogen and oxygen atoms in total. The Kier molecular flexibility index (Phi) is 4.74. The van der Waals surface area contributed by atoms with Crippen LogP contribution in [0.15, 0.2) is 18.2 Å². The van der Waals surface area contributed by atoms with Crippen LogP contribution in [-0.4, -0.2) is 12.6 Å². The van der Waals surface area contributed by atoms with E-state index >= 15 is 0 Å². The Balaban J connectivity index is 1.55. The van der Waals surface area contributed by atoms with E-state index in [4.69, 9.17) is 0 Å². The Morgan fingerprint density at radius 2 is 2.10 bits per heavy atom. The molecule has 1 fully saturated rings. The Bertz CT molecular complexity index is 441. The minimum absolute atomic E-state index is 0.731. The van der Waals surface area contributed by atoms with Crippen LogP contribution in [0.5, 0.6) is 0 Å². The predicted molar refractivity (Wildman–Crippen MR) is 84.7 cm³/mol. The van der Waals surface area contributed by atoms with Gasteiger partial charge in [-0.05, 0) is 54.8 Å². The average molecular weight is 272 g/mol. The molecule has 1 heterocycles. The van der Waals surface area contributed by atoms with Crippen molar-refractivity contribution in [1.29, 1.82) is 0 Å². The number of nitrogens with one attached hydrogen (secondary N) is 2. The SMILES string of the molecule is CC1CCCC(NCc2ccc3c(c2)CNCC3)CC1. The number of benzene rings is 1. The zero-order valence-corrected chi connectivity index (χ0v) is 12.8. The van der Waals surface area contributed by atoms with Crippen LogP contribution in [0.2, 0.25) is 0 Å². The summed E-state index contributed by atoms with van der Waals surface area (Å²) in [6.45, 7) is 5.61. The first-order valence-corrected chi connectivity index (χ1v) is 8.36. The lowest BCUT2D eigenvalue weighted by Crippen LogP contribution is -2.28. The van der Waals surface area contributed by atoms with E-state index in [0.717, 1.165) is 31.6 Å². The fourth-order valence-corrected chi connectivity index (χ4v) is 3.60. The fraction of sp³-hybridized carbons (Fsp3) is 0.667. The van der Waals surface area contributed by atoms with Crippen molar-refractivity contribution in [3.63, 3.8) is 0 Å². The van der Waals surface area contributed by atoms with E-state index in [1.807, 2.05) is 0 Å². The van der Waals surface area contributed by atoms with Gasteiger partial charge < -0.3 is 10.6 Å². The molecule has 1 aliphatic carbocycles. The van der Waals surface area contributed by atoms with Gasteiger partial charge in [-0.1, -0.05) is 38.0 Å². The topological polar surface area (TPSA) is 24.1 Å². The van der Waals surface area contributed by atoms with Gasteiger partial charge in [-0.25, -0.2) is 0 Å². The summed E-state index contributed by atoms with van der Waals surface area (Å²) in [5, 5.41) is 7.25. The van der Waals surface area contributed by atoms with Gasteiger partial charge in [0.1, 0.15) is 0 Å². The third-order valence-corrected chi connectivity index (χ3v) is 5.01. The van der Waals surface area contributed by atoms with Crippen molar-refractivity contribution < 1.29 is 0 Å². The summed E-state index contributed by atoms with van der Waals surface area (Å²) < 4.78 is 0. The summed E-state index contributed by atoms with van der Waals surface area (Å²) in [6, 6.07) is 7.78. The van der Waals surface area contributed by atoms with Crippen molar-refractivity contribution >= 4 is 0 Å². The lowest BCUT2D eigenvalue weighted by atomic mass is 9.98. The van der Waals surface area contributed by atoms with Crippen molar-refractivity contribution in [1.82, 2.24) is 10.6 Å². The van der Waals surface area contributed by atoms with Crippen molar-refractivity contribution in [3.05, 3.63) is 34.9 Å². The first-order valence-electron chi connectivity index (χ1n) is 8.36. The number of fused-ring (bicyclic) bond motifs is 1. The second-order valence-electron chi connectivity index (χ2n) is 6.72. The quantitative estimate of drug-likeness (QED) is 0.824. The fourth-order valence-electron chi connectivity index (χ4n) is 3.60. The van der Waals surface area contributed by atoms with Crippen LogP contribution in [0.1, 0.15) is 55.7 Å². The number of rotatable bonds is 3. The molecule has 0 saturated heterocycles. The van der Waals surface area contributed by atoms with Crippen molar-refractivity contribution in [3.8, 4) is 0 Å². The van der Waals surface area contributed by atoms with Crippen LogP contribution in [0.4, 0.5) is 0 Å². The zero-order chi connectivity index (χ0) is 13.8. The highest BCUT2D eigenvalue weighted by Gasteiger charge is 2.16. The molecule has 2 heteroatoms. The molecule has 2 atom stereocenters. The van der Waals surface area contributed by atoms with Crippen molar-refractivity contribution in [2.24, 2.45) is 5.92 Å². The molecule has 0 spiro atoms. The third kappa shape index (κ3) is 3.62. The standard InChI is InChI=1S/C18H28N2/c1-14-3-2-4-18(8-5-14)20-12-15-6-7-16-9-10-19-13-17(16)11-15/h6-7,11,14,18-20H,2-5,8-10,12-13H2,1H3. The molecular weight excluding hydrogens is 244 g/mol. The van der Waals surface area contributed by atoms with E-state index < -0.39 is 0 Å². The van der Waals surface area contributed by atoms with Crippen LogP contribution < -0.4 is 10.6 Å². The highest BCUT2D eigenvalue weighted by molar-refractivity contribution is 5.33. The summed E-state index contributed by atoms with van der Waals surface area (Å²) in [4.78, 5) is 0. The molecule has 0 aromatic heterocycles. The summed E-state index contributed by atoms with van der Waals surface area (Å²) in [7, 11) is 0. The van der Waals surface area contributed by atoms with Gasteiger partial charge in [-0.2, -0.15) is 0 Å². The summed E-state index contributed by atoms with van der Waals surface area (Å²) in [6.07, 6.45) is 8.11. The summed E-state index contributed by atoms with van der Waals surface area (Å²) >= 11 is 0. The normalized spacial score (nSPS) is 26.9. The van der Waals surface area contributed by atoms with Gasteiger partial charge in [-0.3, -0.25) is 0 Å². The van der Waals surface area contributed by atoms with E-state index in [0.29, 0.717) is 0 Å². The molecule has 1 aromatic rings. The molecule has 0 amide bonds. The Labute approximate surface area is 123 Å². The van der Waals surface area contributed by atoms with E-state index in [2.05, 4.69) is 35.8 Å². The van der Waals surface area contributed by atoms with Crippen molar-refractivity contribution in [2.75, 3.05) is 6.54 Å². The van der Waals surface area contributed by atoms with Crippen LogP contribution in [-0.2, 0) is 19.5 Å². The van der Waals surface area contributed by atoms with E-state index in [-0.39, 0.29) is 0 Å².